The molecule has 0 saturated carbocycles. The molecule has 24 heavy (non-hydrogen) atoms. The van der Waals surface area contributed by atoms with Gasteiger partial charge in [-0.2, -0.15) is 0 Å². The molecule has 1 fully saturated rings. The van der Waals surface area contributed by atoms with Crippen LogP contribution in [0.15, 0.2) is 12.3 Å². The summed E-state index contributed by atoms with van der Waals surface area (Å²) >= 11 is 0. The number of hydrogen-bond acceptors (Lipinski definition) is 4. The molecule has 3 N–H and O–H groups in total. The molecule has 0 spiro atoms. The van der Waals surface area contributed by atoms with Crippen molar-refractivity contribution in [1.82, 2.24) is 25.8 Å². The number of piperazine rings is 1. The molecule has 0 radical (unpaired) electrons. The van der Waals surface area contributed by atoms with E-state index in [4.69, 9.17) is 0 Å². The van der Waals surface area contributed by atoms with E-state index in [0.29, 0.717) is 19.6 Å². The van der Waals surface area contributed by atoms with Crippen LogP contribution in [-0.4, -0.2) is 53.9 Å². The van der Waals surface area contributed by atoms with Crippen LogP contribution in [0.25, 0.3) is 0 Å². The maximum Gasteiger partial charge on any atom is 0.318 e. The van der Waals surface area contributed by atoms with E-state index in [0.717, 1.165) is 16.8 Å². The van der Waals surface area contributed by atoms with Gasteiger partial charge in [0.25, 0.3) is 0 Å². The maximum absolute atomic E-state index is 12.4. The molecule has 1 aliphatic rings. The fourth-order valence-corrected chi connectivity index (χ4v) is 2.52. The van der Waals surface area contributed by atoms with Crippen LogP contribution in [0.1, 0.15) is 23.2 Å². The number of carbonyl (C=O) groups excluding carboxylic acids is 3. The largest absolute Gasteiger partial charge is 0.359 e. The van der Waals surface area contributed by atoms with Crippen molar-refractivity contribution >= 4 is 17.8 Å². The number of nitrogens with one attached hydrogen (secondary N) is 3. The molecular formula is C16H23N5O3. The lowest BCUT2D eigenvalue weighted by Gasteiger charge is -2.34. The van der Waals surface area contributed by atoms with Gasteiger partial charge in [-0.3, -0.25) is 14.6 Å². The third-order valence-electron chi connectivity index (χ3n) is 4.09. The van der Waals surface area contributed by atoms with Crippen molar-refractivity contribution < 1.29 is 14.4 Å². The topological polar surface area (TPSA) is 103 Å². The Labute approximate surface area is 141 Å². The van der Waals surface area contributed by atoms with Gasteiger partial charge < -0.3 is 20.9 Å². The summed E-state index contributed by atoms with van der Waals surface area (Å²) in [6, 6.07) is 0.807. The highest BCUT2D eigenvalue weighted by atomic mass is 16.2. The lowest BCUT2D eigenvalue weighted by atomic mass is 10.1. The summed E-state index contributed by atoms with van der Waals surface area (Å²) in [6.45, 7) is 4.94. The molecule has 1 saturated heterocycles. The third kappa shape index (κ3) is 4.21. The van der Waals surface area contributed by atoms with Gasteiger partial charge in [0.2, 0.25) is 11.8 Å². The Balaban J connectivity index is 2.01. The summed E-state index contributed by atoms with van der Waals surface area (Å²) in [6.07, 6.45) is 1.66. The molecule has 0 unspecified atom stereocenters. The number of hydrogen-bond donors (Lipinski definition) is 3. The minimum atomic E-state index is -0.795. The van der Waals surface area contributed by atoms with Crippen molar-refractivity contribution in [3.63, 3.8) is 0 Å². The number of carbonyl (C=O) groups is 3. The zero-order valence-corrected chi connectivity index (χ0v) is 14.2. The first-order valence-electron chi connectivity index (χ1n) is 7.87. The first kappa shape index (κ1) is 17.7. The predicted octanol–water partition coefficient (Wildman–Crippen LogP) is -0.155. The van der Waals surface area contributed by atoms with Gasteiger partial charge in [0, 0.05) is 38.6 Å². The highest BCUT2D eigenvalue weighted by molar-refractivity contribution is 5.92. The second-order valence-electron chi connectivity index (χ2n) is 5.78. The summed E-state index contributed by atoms with van der Waals surface area (Å²) in [5, 5.41) is 7.95. The molecule has 4 amide bonds. The molecule has 1 aromatic rings. The molecule has 8 heteroatoms. The highest BCUT2D eigenvalue weighted by Crippen LogP contribution is 2.10. The molecule has 2 heterocycles. The van der Waals surface area contributed by atoms with Crippen LogP contribution in [-0.2, 0) is 16.1 Å². The molecule has 0 bridgehead atoms. The molecule has 0 aliphatic carbocycles. The van der Waals surface area contributed by atoms with E-state index < -0.39 is 6.04 Å². The van der Waals surface area contributed by atoms with Gasteiger partial charge in [-0.25, -0.2) is 4.79 Å². The number of urea groups is 1. The number of pyridine rings is 1. The van der Waals surface area contributed by atoms with E-state index in [9.17, 15) is 14.4 Å². The summed E-state index contributed by atoms with van der Waals surface area (Å²) in [5.74, 6) is -0.596. The average Bonchev–Trinajstić information content (AvgIpc) is 2.57. The normalized spacial score (nSPS) is 17.2. The quantitative estimate of drug-likeness (QED) is 0.712. The van der Waals surface area contributed by atoms with Crippen LogP contribution < -0.4 is 16.0 Å². The van der Waals surface area contributed by atoms with Gasteiger partial charge in [-0.1, -0.05) is 6.07 Å². The third-order valence-corrected chi connectivity index (χ3v) is 4.09. The minimum absolute atomic E-state index is 0.0546. The first-order valence-corrected chi connectivity index (χ1v) is 7.87. The Morgan fingerprint density at radius 1 is 1.42 bits per heavy atom. The van der Waals surface area contributed by atoms with E-state index in [1.807, 2.05) is 19.9 Å². The van der Waals surface area contributed by atoms with Crippen molar-refractivity contribution in [3.8, 4) is 0 Å². The number of aryl methyl sites for hydroxylation is 2. The highest BCUT2D eigenvalue weighted by Gasteiger charge is 2.34. The smallest absolute Gasteiger partial charge is 0.318 e. The average molecular weight is 333 g/mol. The van der Waals surface area contributed by atoms with E-state index >= 15 is 0 Å². The van der Waals surface area contributed by atoms with Crippen molar-refractivity contribution in [2.75, 3.05) is 20.1 Å². The number of nitrogens with zero attached hydrogens (tertiary/aromatic N) is 2. The van der Waals surface area contributed by atoms with Gasteiger partial charge in [-0.05, 0) is 25.0 Å². The van der Waals surface area contributed by atoms with Gasteiger partial charge in [0.1, 0.15) is 6.04 Å². The Morgan fingerprint density at radius 2 is 2.17 bits per heavy atom. The molecule has 8 nitrogen and oxygen atoms in total. The molecule has 1 atom stereocenters. The van der Waals surface area contributed by atoms with Crippen LogP contribution in [0.5, 0.6) is 0 Å². The van der Waals surface area contributed by atoms with E-state index in [1.54, 1.807) is 6.20 Å². The van der Waals surface area contributed by atoms with E-state index in [2.05, 4.69) is 20.9 Å². The first-order chi connectivity index (χ1) is 11.4. The van der Waals surface area contributed by atoms with Crippen molar-refractivity contribution in [2.24, 2.45) is 0 Å². The second-order valence-corrected chi connectivity index (χ2v) is 5.78. The van der Waals surface area contributed by atoms with Crippen LogP contribution in [0, 0.1) is 13.8 Å². The zero-order chi connectivity index (χ0) is 17.7. The Kier molecular flexibility index (Phi) is 5.73. The van der Waals surface area contributed by atoms with E-state index in [1.165, 1.54) is 11.9 Å². The summed E-state index contributed by atoms with van der Waals surface area (Å²) in [5.41, 5.74) is 2.88. The van der Waals surface area contributed by atoms with Crippen molar-refractivity contribution in [1.29, 1.82) is 0 Å². The van der Waals surface area contributed by atoms with Crippen molar-refractivity contribution in [2.45, 2.75) is 32.9 Å². The minimum Gasteiger partial charge on any atom is -0.359 e. The lowest BCUT2D eigenvalue weighted by molar-refractivity contribution is -0.132. The standard InChI is InChI=1S/C16H23N5O3/c1-10-6-12(8-19-11(10)2)9-20-16(24)21-5-4-18-15(23)13(21)7-14(22)17-3/h6,8,13H,4-5,7,9H2,1-3H3,(H,17,22)(H,18,23)(H,20,24)/t13-/m1/s1. The number of amides is 4. The molecule has 2 rings (SSSR count). The fourth-order valence-electron chi connectivity index (χ4n) is 2.52. The zero-order valence-electron chi connectivity index (χ0n) is 14.2. The fraction of sp³-hybridized carbons (Fsp3) is 0.500. The summed E-state index contributed by atoms with van der Waals surface area (Å²) < 4.78 is 0. The monoisotopic (exact) mass is 333 g/mol. The lowest BCUT2D eigenvalue weighted by Crippen LogP contribution is -2.60. The van der Waals surface area contributed by atoms with E-state index in [-0.39, 0.29) is 24.3 Å². The Morgan fingerprint density at radius 3 is 2.83 bits per heavy atom. The molecule has 0 aromatic carbocycles. The molecule has 1 aliphatic heterocycles. The number of rotatable bonds is 4. The predicted molar refractivity (Wildman–Crippen MR) is 88.1 cm³/mol. The molecule has 130 valence electrons. The van der Waals surface area contributed by atoms with Gasteiger partial charge in [-0.15, -0.1) is 0 Å². The molecule has 1 aromatic heterocycles. The van der Waals surface area contributed by atoms with Crippen LogP contribution in [0.4, 0.5) is 4.79 Å². The SMILES string of the molecule is CNC(=O)C[C@@H]1C(=O)NCCN1C(=O)NCc1cnc(C)c(C)c1. The Bertz CT molecular complexity index is 647. The summed E-state index contributed by atoms with van der Waals surface area (Å²) in [7, 11) is 1.50. The maximum atomic E-state index is 12.4. The molecular weight excluding hydrogens is 310 g/mol. The van der Waals surface area contributed by atoms with Crippen LogP contribution in [0.2, 0.25) is 0 Å². The van der Waals surface area contributed by atoms with Crippen molar-refractivity contribution in [3.05, 3.63) is 29.1 Å². The van der Waals surface area contributed by atoms with Crippen LogP contribution in [0.3, 0.4) is 0 Å². The van der Waals surface area contributed by atoms with Crippen LogP contribution >= 0.6 is 0 Å². The van der Waals surface area contributed by atoms with Gasteiger partial charge >= 0.3 is 6.03 Å². The summed E-state index contributed by atoms with van der Waals surface area (Å²) in [4.78, 5) is 41.7. The van der Waals surface area contributed by atoms with Gasteiger partial charge in [0.15, 0.2) is 0 Å². The number of aromatic nitrogens is 1. The Hall–Kier alpha value is -2.64. The second kappa shape index (κ2) is 7.76. The van der Waals surface area contributed by atoms with Gasteiger partial charge in [0.05, 0.1) is 6.42 Å².